The number of hydrogen-bond acceptors (Lipinski definition) is 4. The van der Waals surface area contributed by atoms with Crippen molar-refractivity contribution in [1.29, 1.82) is 5.26 Å². The molecule has 0 saturated heterocycles. The van der Waals surface area contributed by atoms with E-state index in [2.05, 4.69) is 16.4 Å². The highest BCUT2D eigenvalue weighted by molar-refractivity contribution is 7.11. The molecule has 0 fully saturated rings. The fourth-order valence-electron chi connectivity index (χ4n) is 2.12. The predicted molar refractivity (Wildman–Crippen MR) is 111 cm³/mol. The Balaban J connectivity index is 1.88. The van der Waals surface area contributed by atoms with Crippen molar-refractivity contribution >= 4 is 69.0 Å². The van der Waals surface area contributed by atoms with Crippen molar-refractivity contribution in [2.45, 2.75) is 0 Å². The molecule has 130 valence electrons. The van der Waals surface area contributed by atoms with E-state index in [9.17, 15) is 5.26 Å². The van der Waals surface area contributed by atoms with Gasteiger partial charge in [0.2, 0.25) is 0 Å². The Morgan fingerprint density at radius 3 is 2.50 bits per heavy atom. The van der Waals surface area contributed by atoms with Gasteiger partial charge in [-0.2, -0.15) is 5.26 Å². The molecule has 2 aromatic carbocycles. The minimum Gasteiger partial charge on any atom is -0.359 e. The molecule has 0 amide bonds. The normalized spacial score (nSPS) is 11.3. The molecule has 0 aliphatic carbocycles. The lowest BCUT2D eigenvalue weighted by Gasteiger charge is -2.04. The molecular formula is C18H9Cl4N3S. The number of thiazole rings is 1. The monoisotopic (exact) mass is 439 g/mol. The van der Waals surface area contributed by atoms with E-state index in [0.717, 1.165) is 5.56 Å². The first kappa shape index (κ1) is 19.0. The van der Waals surface area contributed by atoms with Crippen LogP contribution in [0.4, 0.5) is 5.69 Å². The largest absolute Gasteiger partial charge is 0.359 e. The summed E-state index contributed by atoms with van der Waals surface area (Å²) in [6, 6.07) is 12.4. The number of nitriles is 1. The first-order valence-corrected chi connectivity index (χ1v) is 9.60. The zero-order chi connectivity index (χ0) is 18.7. The quantitative estimate of drug-likeness (QED) is 0.430. The number of aromatic nitrogens is 1. The zero-order valence-corrected chi connectivity index (χ0v) is 16.8. The number of nitrogens with zero attached hydrogens (tertiary/aromatic N) is 2. The smallest absolute Gasteiger partial charge is 0.136 e. The summed E-state index contributed by atoms with van der Waals surface area (Å²) in [5.41, 5.74) is 2.39. The second-order valence-electron chi connectivity index (χ2n) is 5.10. The van der Waals surface area contributed by atoms with Gasteiger partial charge in [0.15, 0.2) is 0 Å². The van der Waals surface area contributed by atoms with Crippen LogP contribution in [-0.4, -0.2) is 4.98 Å². The average molecular weight is 441 g/mol. The van der Waals surface area contributed by atoms with Crippen LogP contribution < -0.4 is 5.32 Å². The lowest BCUT2D eigenvalue weighted by molar-refractivity contribution is 1.36. The van der Waals surface area contributed by atoms with Crippen LogP contribution in [0.5, 0.6) is 0 Å². The number of halogens is 4. The summed E-state index contributed by atoms with van der Waals surface area (Å²) < 4.78 is 0. The van der Waals surface area contributed by atoms with Gasteiger partial charge in [0.1, 0.15) is 16.6 Å². The molecule has 1 aromatic heterocycles. The molecular weight excluding hydrogens is 432 g/mol. The van der Waals surface area contributed by atoms with E-state index in [4.69, 9.17) is 46.4 Å². The summed E-state index contributed by atoms with van der Waals surface area (Å²) in [4.78, 5) is 4.50. The maximum absolute atomic E-state index is 9.46. The third-order valence-corrected chi connectivity index (χ3v) is 5.35. The van der Waals surface area contributed by atoms with Crippen molar-refractivity contribution in [3.63, 3.8) is 0 Å². The highest BCUT2D eigenvalue weighted by Crippen LogP contribution is 2.33. The van der Waals surface area contributed by atoms with Crippen LogP contribution in [0.15, 0.2) is 48.0 Å². The van der Waals surface area contributed by atoms with Crippen LogP contribution in [0.2, 0.25) is 20.1 Å². The summed E-state index contributed by atoms with van der Waals surface area (Å²) in [5, 5.41) is 16.9. The molecule has 0 aliphatic heterocycles. The molecule has 26 heavy (non-hydrogen) atoms. The van der Waals surface area contributed by atoms with Crippen LogP contribution in [0.25, 0.3) is 16.8 Å². The third-order valence-electron chi connectivity index (χ3n) is 3.36. The van der Waals surface area contributed by atoms with Gasteiger partial charge in [-0.3, -0.25) is 0 Å². The maximum Gasteiger partial charge on any atom is 0.136 e. The van der Waals surface area contributed by atoms with E-state index in [1.807, 2.05) is 5.38 Å². The van der Waals surface area contributed by atoms with Gasteiger partial charge in [-0.15, -0.1) is 11.3 Å². The van der Waals surface area contributed by atoms with Gasteiger partial charge >= 0.3 is 0 Å². The van der Waals surface area contributed by atoms with Crippen LogP contribution in [0.1, 0.15) is 5.01 Å². The number of nitrogens with one attached hydrogen (secondary N) is 1. The van der Waals surface area contributed by atoms with Gasteiger partial charge in [0.25, 0.3) is 0 Å². The molecule has 0 unspecified atom stereocenters. The van der Waals surface area contributed by atoms with Crippen molar-refractivity contribution in [1.82, 2.24) is 4.98 Å². The highest BCUT2D eigenvalue weighted by atomic mass is 35.5. The lowest BCUT2D eigenvalue weighted by atomic mass is 10.2. The standard InChI is InChI=1S/C18H9Cl4N3S/c19-11-1-3-13(15(22)5-11)17-9-26-18(25-17)10(7-23)8-24-16-6-12(20)2-4-14(16)21/h1-6,8-9,24H/b10-8-. The Bertz CT molecular complexity index is 1040. The van der Waals surface area contributed by atoms with Crippen molar-refractivity contribution in [2.75, 3.05) is 5.32 Å². The summed E-state index contributed by atoms with van der Waals surface area (Å²) >= 11 is 25.6. The van der Waals surface area contributed by atoms with Crippen LogP contribution in [0.3, 0.4) is 0 Å². The van der Waals surface area contributed by atoms with Crippen LogP contribution >= 0.6 is 57.7 Å². The van der Waals surface area contributed by atoms with Crippen molar-refractivity contribution < 1.29 is 0 Å². The lowest BCUT2D eigenvalue weighted by Crippen LogP contribution is -1.92. The second-order valence-corrected chi connectivity index (χ2v) is 7.65. The average Bonchev–Trinajstić information content (AvgIpc) is 3.08. The van der Waals surface area contributed by atoms with E-state index < -0.39 is 0 Å². The summed E-state index contributed by atoms with van der Waals surface area (Å²) in [7, 11) is 0. The van der Waals surface area contributed by atoms with E-state index in [-0.39, 0.29) is 0 Å². The molecule has 0 aliphatic rings. The van der Waals surface area contributed by atoms with Gasteiger partial charge in [-0.25, -0.2) is 4.98 Å². The molecule has 1 heterocycles. The summed E-state index contributed by atoms with van der Waals surface area (Å²) in [5.74, 6) is 0. The number of rotatable bonds is 4. The zero-order valence-electron chi connectivity index (χ0n) is 12.9. The first-order chi connectivity index (χ1) is 12.5. The molecule has 1 N–H and O–H groups in total. The van der Waals surface area contributed by atoms with Crippen LogP contribution in [-0.2, 0) is 0 Å². The van der Waals surface area contributed by atoms with Crippen molar-refractivity contribution in [3.8, 4) is 17.3 Å². The number of benzene rings is 2. The Kier molecular flexibility index (Phi) is 6.08. The summed E-state index contributed by atoms with van der Waals surface area (Å²) in [6.07, 6.45) is 1.55. The molecule has 0 saturated carbocycles. The Morgan fingerprint density at radius 2 is 1.77 bits per heavy atom. The number of anilines is 1. The topological polar surface area (TPSA) is 48.7 Å². The minimum absolute atomic E-state index is 0.363. The molecule has 0 bridgehead atoms. The Hall–Kier alpha value is -1.74. The maximum atomic E-state index is 9.46. The second kappa shape index (κ2) is 8.30. The van der Waals surface area contributed by atoms with Gasteiger partial charge in [0, 0.05) is 27.2 Å². The van der Waals surface area contributed by atoms with E-state index in [1.165, 1.54) is 11.3 Å². The molecule has 0 atom stereocenters. The van der Waals surface area contributed by atoms with Gasteiger partial charge in [-0.1, -0.05) is 46.4 Å². The number of allylic oxidation sites excluding steroid dienone is 1. The fourth-order valence-corrected chi connectivity index (χ4v) is 3.75. The Morgan fingerprint density at radius 1 is 1.04 bits per heavy atom. The van der Waals surface area contributed by atoms with Gasteiger partial charge in [0.05, 0.1) is 21.4 Å². The Labute approximate surface area is 174 Å². The minimum atomic E-state index is 0.363. The van der Waals surface area contributed by atoms with Crippen LogP contribution in [0, 0.1) is 11.3 Å². The molecule has 0 radical (unpaired) electrons. The molecule has 3 nitrogen and oxygen atoms in total. The summed E-state index contributed by atoms with van der Waals surface area (Å²) in [6.45, 7) is 0. The third kappa shape index (κ3) is 4.32. The highest BCUT2D eigenvalue weighted by Gasteiger charge is 2.12. The number of hydrogen-bond donors (Lipinski definition) is 1. The first-order valence-electron chi connectivity index (χ1n) is 7.21. The molecule has 3 aromatic rings. The molecule has 0 spiro atoms. The van der Waals surface area contributed by atoms with Crippen molar-refractivity contribution in [2.24, 2.45) is 0 Å². The molecule has 3 rings (SSSR count). The van der Waals surface area contributed by atoms with Gasteiger partial charge < -0.3 is 5.32 Å². The SMILES string of the molecule is N#C/C(=C/Nc1cc(Cl)ccc1Cl)c1nc(-c2ccc(Cl)cc2Cl)cs1. The molecule has 8 heteroatoms. The van der Waals surface area contributed by atoms with Crippen molar-refractivity contribution in [3.05, 3.63) is 73.1 Å². The predicted octanol–water partition coefficient (Wildman–Crippen LogP) is 7.40. The van der Waals surface area contributed by atoms with E-state index in [1.54, 1.807) is 42.6 Å². The van der Waals surface area contributed by atoms with E-state index >= 15 is 0 Å². The fraction of sp³-hybridized carbons (Fsp3) is 0. The van der Waals surface area contributed by atoms with Gasteiger partial charge in [-0.05, 0) is 36.4 Å². The van der Waals surface area contributed by atoms with E-state index in [0.29, 0.717) is 42.1 Å².